The molecule has 2 unspecified atom stereocenters. The van der Waals surface area contributed by atoms with Crippen molar-refractivity contribution in [2.24, 2.45) is 5.92 Å². The lowest BCUT2D eigenvalue weighted by molar-refractivity contribution is -0.131. The predicted molar refractivity (Wildman–Crippen MR) is 96.8 cm³/mol. The van der Waals surface area contributed by atoms with Crippen LogP contribution in [0.3, 0.4) is 0 Å². The summed E-state index contributed by atoms with van der Waals surface area (Å²) in [6, 6.07) is 0.279. The fourth-order valence-corrected chi connectivity index (χ4v) is 2.97. The minimum Gasteiger partial charge on any atom is -0.353 e. The molecule has 0 saturated carbocycles. The summed E-state index contributed by atoms with van der Waals surface area (Å²) in [6.07, 6.45) is 4.55. The highest BCUT2D eigenvalue weighted by Crippen LogP contribution is 2.11. The number of hydrogen-bond acceptors (Lipinski definition) is 3. The molecule has 0 aromatic rings. The molecule has 1 aliphatic heterocycles. The van der Waals surface area contributed by atoms with E-state index in [2.05, 4.69) is 31.4 Å². The number of carbonyl (C=O) groups excluding carboxylic acids is 2. The maximum atomic E-state index is 12.1. The Morgan fingerprint density at radius 2 is 1.83 bits per heavy atom. The van der Waals surface area contributed by atoms with E-state index in [1.807, 2.05) is 4.90 Å². The number of amides is 2. The van der Waals surface area contributed by atoms with Gasteiger partial charge >= 0.3 is 0 Å². The van der Waals surface area contributed by atoms with Crippen LogP contribution >= 0.6 is 12.4 Å². The van der Waals surface area contributed by atoms with Gasteiger partial charge in [0.15, 0.2) is 0 Å². The fourth-order valence-electron chi connectivity index (χ4n) is 2.97. The van der Waals surface area contributed by atoms with Gasteiger partial charge in [-0.15, -0.1) is 12.4 Å². The van der Waals surface area contributed by atoms with Gasteiger partial charge in [0.25, 0.3) is 0 Å². The van der Waals surface area contributed by atoms with Crippen LogP contribution in [0.25, 0.3) is 0 Å². The normalized spacial score (nSPS) is 20.5. The molecule has 2 atom stereocenters. The van der Waals surface area contributed by atoms with Gasteiger partial charge < -0.3 is 15.5 Å². The molecule has 1 aliphatic rings. The molecular formula is C17H34ClN3O2. The zero-order valence-corrected chi connectivity index (χ0v) is 15.7. The van der Waals surface area contributed by atoms with Crippen LogP contribution in [0.1, 0.15) is 59.3 Å². The van der Waals surface area contributed by atoms with Gasteiger partial charge in [-0.3, -0.25) is 9.59 Å². The molecule has 1 fully saturated rings. The van der Waals surface area contributed by atoms with Gasteiger partial charge in [-0.2, -0.15) is 0 Å². The van der Waals surface area contributed by atoms with E-state index in [-0.39, 0.29) is 30.3 Å². The highest BCUT2D eigenvalue weighted by molar-refractivity contribution is 5.85. The molecule has 0 aliphatic carbocycles. The quantitative estimate of drug-likeness (QED) is 0.673. The van der Waals surface area contributed by atoms with Gasteiger partial charge in [0.05, 0.1) is 0 Å². The Kier molecular flexibility index (Phi) is 12.1. The van der Waals surface area contributed by atoms with Crippen molar-refractivity contribution in [3.05, 3.63) is 0 Å². The summed E-state index contributed by atoms with van der Waals surface area (Å²) in [4.78, 5) is 26.1. The van der Waals surface area contributed by atoms with Crippen molar-refractivity contribution in [3.63, 3.8) is 0 Å². The van der Waals surface area contributed by atoms with Crippen molar-refractivity contribution >= 4 is 24.2 Å². The van der Waals surface area contributed by atoms with Gasteiger partial charge in [-0.1, -0.05) is 20.8 Å². The lowest BCUT2D eigenvalue weighted by Gasteiger charge is -2.30. The smallest absolute Gasteiger partial charge is 0.222 e. The third kappa shape index (κ3) is 8.56. The Labute approximate surface area is 147 Å². The molecule has 5 nitrogen and oxygen atoms in total. The number of nitrogens with one attached hydrogen (secondary N) is 2. The summed E-state index contributed by atoms with van der Waals surface area (Å²) in [5.74, 6) is 0.750. The van der Waals surface area contributed by atoms with Crippen LogP contribution in [0.2, 0.25) is 0 Å². The molecule has 0 bridgehead atoms. The number of carbonyl (C=O) groups is 2. The molecule has 0 aromatic heterocycles. The van der Waals surface area contributed by atoms with Crippen LogP contribution < -0.4 is 10.6 Å². The SMILES string of the molecule is CCCN(CCC)C(=O)CCCC(=O)NC1CCNCC1C.Cl. The average molecular weight is 348 g/mol. The van der Waals surface area contributed by atoms with Crippen molar-refractivity contribution in [2.45, 2.75) is 65.3 Å². The molecular weight excluding hydrogens is 314 g/mol. The first kappa shape index (κ1) is 22.2. The second kappa shape index (κ2) is 12.6. The first-order valence-electron chi connectivity index (χ1n) is 8.86. The van der Waals surface area contributed by atoms with E-state index in [0.717, 1.165) is 45.4 Å². The lowest BCUT2D eigenvalue weighted by Crippen LogP contribution is -2.48. The van der Waals surface area contributed by atoms with Crippen LogP contribution in [-0.4, -0.2) is 48.9 Å². The molecule has 2 N–H and O–H groups in total. The minimum atomic E-state index is 0. The molecule has 2 amide bonds. The average Bonchev–Trinajstić information content (AvgIpc) is 2.49. The Morgan fingerprint density at radius 3 is 2.39 bits per heavy atom. The molecule has 0 spiro atoms. The van der Waals surface area contributed by atoms with E-state index in [0.29, 0.717) is 25.2 Å². The van der Waals surface area contributed by atoms with Gasteiger partial charge in [0.2, 0.25) is 11.8 Å². The molecule has 23 heavy (non-hydrogen) atoms. The summed E-state index contributed by atoms with van der Waals surface area (Å²) in [7, 11) is 0. The van der Waals surface area contributed by atoms with Crippen LogP contribution in [0.5, 0.6) is 0 Å². The third-order valence-corrected chi connectivity index (χ3v) is 4.27. The van der Waals surface area contributed by atoms with Crippen molar-refractivity contribution in [2.75, 3.05) is 26.2 Å². The maximum absolute atomic E-state index is 12.1. The van der Waals surface area contributed by atoms with Crippen molar-refractivity contribution in [3.8, 4) is 0 Å². The summed E-state index contributed by atoms with van der Waals surface area (Å²) in [5.41, 5.74) is 0. The second-order valence-corrected chi connectivity index (χ2v) is 6.38. The summed E-state index contributed by atoms with van der Waals surface area (Å²) < 4.78 is 0. The maximum Gasteiger partial charge on any atom is 0.222 e. The monoisotopic (exact) mass is 347 g/mol. The molecule has 0 aromatic carbocycles. The fraction of sp³-hybridized carbons (Fsp3) is 0.882. The van der Waals surface area contributed by atoms with Crippen LogP contribution in [0, 0.1) is 5.92 Å². The van der Waals surface area contributed by atoms with E-state index < -0.39 is 0 Å². The molecule has 1 saturated heterocycles. The van der Waals surface area contributed by atoms with E-state index in [4.69, 9.17) is 0 Å². The largest absolute Gasteiger partial charge is 0.353 e. The highest BCUT2D eigenvalue weighted by atomic mass is 35.5. The standard InChI is InChI=1S/C17H33N3O2.ClH/c1-4-11-20(12-5-2)17(22)8-6-7-16(21)19-15-9-10-18-13-14(15)3;/h14-15,18H,4-13H2,1-3H3,(H,19,21);1H. The number of halogens is 1. The number of piperidine rings is 1. The van der Waals surface area contributed by atoms with E-state index in [1.54, 1.807) is 0 Å². The van der Waals surface area contributed by atoms with E-state index in [9.17, 15) is 9.59 Å². The Hall–Kier alpha value is -0.810. The number of rotatable bonds is 9. The minimum absolute atomic E-state index is 0. The molecule has 0 radical (unpaired) electrons. The first-order chi connectivity index (χ1) is 10.6. The van der Waals surface area contributed by atoms with Crippen molar-refractivity contribution < 1.29 is 9.59 Å². The van der Waals surface area contributed by atoms with Crippen molar-refractivity contribution in [1.82, 2.24) is 15.5 Å². The van der Waals surface area contributed by atoms with Crippen LogP contribution in [-0.2, 0) is 9.59 Å². The molecule has 6 heteroatoms. The van der Waals surface area contributed by atoms with Gasteiger partial charge in [-0.05, 0) is 44.7 Å². The summed E-state index contributed by atoms with van der Waals surface area (Å²) in [5, 5.41) is 6.45. The van der Waals surface area contributed by atoms with Crippen LogP contribution in [0.4, 0.5) is 0 Å². The number of hydrogen-bond donors (Lipinski definition) is 2. The summed E-state index contributed by atoms with van der Waals surface area (Å²) in [6.45, 7) is 9.92. The van der Waals surface area contributed by atoms with E-state index in [1.165, 1.54) is 0 Å². The molecule has 1 rings (SSSR count). The first-order valence-corrected chi connectivity index (χ1v) is 8.86. The van der Waals surface area contributed by atoms with Crippen LogP contribution in [0.15, 0.2) is 0 Å². The summed E-state index contributed by atoms with van der Waals surface area (Å²) >= 11 is 0. The predicted octanol–water partition coefficient (Wildman–Crippen LogP) is 2.34. The van der Waals surface area contributed by atoms with Gasteiger partial charge in [-0.25, -0.2) is 0 Å². The lowest BCUT2D eigenvalue weighted by atomic mass is 9.95. The number of nitrogens with zero attached hydrogens (tertiary/aromatic N) is 1. The topological polar surface area (TPSA) is 61.4 Å². The second-order valence-electron chi connectivity index (χ2n) is 6.38. The van der Waals surface area contributed by atoms with Gasteiger partial charge in [0.1, 0.15) is 0 Å². The molecule has 1 heterocycles. The zero-order chi connectivity index (χ0) is 16.4. The molecule has 136 valence electrons. The third-order valence-electron chi connectivity index (χ3n) is 4.27. The highest BCUT2D eigenvalue weighted by Gasteiger charge is 2.22. The Bertz CT molecular complexity index is 347. The van der Waals surface area contributed by atoms with Crippen molar-refractivity contribution in [1.29, 1.82) is 0 Å². The van der Waals surface area contributed by atoms with Gasteiger partial charge in [0, 0.05) is 32.0 Å². The zero-order valence-electron chi connectivity index (χ0n) is 14.9. The Balaban J connectivity index is 0.00000484. The van der Waals surface area contributed by atoms with E-state index >= 15 is 0 Å². The Morgan fingerprint density at radius 1 is 1.17 bits per heavy atom.